The smallest absolute Gasteiger partial charge is 0.312 e. The molecule has 116 valence electrons. The summed E-state index contributed by atoms with van der Waals surface area (Å²) >= 11 is 0. The van der Waals surface area contributed by atoms with Gasteiger partial charge in [0.05, 0.1) is 9.85 Å². The highest BCUT2D eigenvalue weighted by Gasteiger charge is 2.12. The lowest BCUT2D eigenvalue weighted by Crippen LogP contribution is -1.96. The van der Waals surface area contributed by atoms with Crippen LogP contribution < -0.4 is 11.5 Å². The largest absolute Gasteiger partial charge is 0.502 e. The maximum absolute atomic E-state index is 10.3. The van der Waals surface area contributed by atoms with Crippen LogP contribution in [0, 0.1) is 27.2 Å². The van der Waals surface area contributed by atoms with Crippen LogP contribution >= 0.6 is 0 Å². The zero-order valence-electron chi connectivity index (χ0n) is 11.6. The Morgan fingerprint density at radius 3 is 2.05 bits per heavy atom. The second-order valence-electron chi connectivity index (χ2n) is 4.27. The summed E-state index contributed by atoms with van der Waals surface area (Å²) in [6.45, 7) is 1.74. The molecule has 2 aromatic carbocycles. The van der Waals surface area contributed by atoms with Gasteiger partial charge in [-0.2, -0.15) is 0 Å². The molecule has 0 atom stereocenters. The minimum atomic E-state index is -0.689. The van der Waals surface area contributed by atoms with Gasteiger partial charge in [-0.25, -0.2) is 0 Å². The normalized spacial score (nSPS) is 9.50. The monoisotopic (exact) mass is 306 g/mol. The van der Waals surface area contributed by atoms with Gasteiger partial charge in [0.25, 0.3) is 5.69 Å². The Balaban J connectivity index is 0.000000220. The van der Waals surface area contributed by atoms with Crippen molar-refractivity contribution in [1.82, 2.24) is 0 Å². The standard InChI is InChI=1S/C7H8N2O2.C6H6N2O3/c1-5-3-2-4-6(7(5)8)9(10)11;7-4-1-2-6(9)5(3-4)8(10)11/h2-4H,8H2,1H3;1-3,9H,7H2. The van der Waals surface area contributed by atoms with E-state index in [0.29, 0.717) is 0 Å². The fraction of sp³-hybridized carbons (Fsp3) is 0.0769. The summed E-state index contributed by atoms with van der Waals surface area (Å²) in [6, 6.07) is 8.43. The molecule has 0 heterocycles. The lowest BCUT2D eigenvalue weighted by Gasteiger charge is -1.98. The summed E-state index contributed by atoms with van der Waals surface area (Å²) in [5.41, 5.74) is 11.5. The van der Waals surface area contributed by atoms with E-state index in [-0.39, 0.29) is 28.5 Å². The number of hydrogen-bond acceptors (Lipinski definition) is 7. The second-order valence-corrected chi connectivity index (χ2v) is 4.27. The van der Waals surface area contributed by atoms with Crippen LogP contribution in [0.4, 0.5) is 22.7 Å². The Hall–Kier alpha value is -3.36. The fourth-order valence-electron chi connectivity index (χ4n) is 1.51. The Morgan fingerprint density at radius 1 is 1.00 bits per heavy atom. The van der Waals surface area contributed by atoms with Crippen LogP contribution in [0.25, 0.3) is 0 Å². The molecule has 0 unspecified atom stereocenters. The number of aryl methyl sites for hydroxylation is 1. The molecule has 0 saturated carbocycles. The summed E-state index contributed by atoms with van der Waals surface area (Å²) in [4.78, 5) is 19.3. The highest BCUT2D eigenvalue weighted by molar-refractivity contribution is 5.62. The third kappa shape index (κ3) is 4.07. The molecular weight excluding hydrogens is 292 g/mol. The van der Waals surface area contributed by atoms with Crippen molar-refractivity contribution in [2.75, 3.05) is 11.5 Å². The third-order valence-electron chi connectivity index (χ3n) is 2.69. The van der Waals surface area contributed by atoms with Gasteiger partial charge in [0.1, 0.15) is 5.69 Å². The summed E-state index contributed by atoms with van der Waals surface area (Å²) in [5, 5.41) is 29.4. The number of phenols is 1. The van der Waals surface area contributed by atoms with Crippen molar-refractivity contribution in [2.24, 2.45) is 0 Å². The van der Waals surface area contributed by atoms with Crippen molar-refractivity contribution in [3.05, 3.63) is 62.2 Å². The first-order chi connectivity index (χ1) is 10.2. The Morgan fingerprint density at radius 2 is 1.59 bits per heavy atom. The number of nitro groups is 2. The van der Waals surface area contributed by atoms with E-state index in [9.17, 15) is 20.2 Å². The molecule has 0 saturated heterocycles. The van der Waals surface area contributed by atoms with E-state index < -0.39 is 9.85 Å². The van der Waals surface area contributed by atoms with Crippen molar-refractivity contribution < 1.29 is 15.0 Å². The second kappa shape index (κ2) is 6.88. The summed E-state index contributed by atoms with van der Waals surface area (Å²) in [7, 11) is 0. The van der Waals surface area contributed by atoms with E-state index in [2.05, 4.69) is 0 Å². The van der Waals surface area contributed by atoms with Crippen molar-refractivity contribution >= 4 is 22.7 Å². The van der Waals surface area contributed by atoms with Crippen molar-refractivity contribution in [2.45, 2.75) is 6.92 Å². The number of nitrogens with two attached hydrogens (primary N) is 2. The number of nitrogen functional groups attached to an aromatic ring is 2. The summed E-state index contributed by atoms with van der Waals surface area (Å²) in [5.74, 6) is -0.371. The molecule has 0 amide bonds. The van der Waals surface area contributed by atoms with Gasteiger partial charge in [0.15, 0.2) is 5.75 Å². The van der Waals surface area contributed by atoms with Gasteiger partial charge in [-0.15, -0.1) is 0 Å². The minimum Gasteiger partial charge on any atom is -0.502 e. The van der Waals surface area contributed by atoms with Gasteiger partial charge < -0.3 is 16.6 Å². The zero-order chi connectivity index (χ0) is 16.9. The fourth-order valence-corrected chi connectivity index (χ4v) is 1.51. The molecule has 0 aliphatic carbocycles. The van der Waals surface area contributed by atoms with Crippen LogP contribution in [0.3, 0.4) is 0 Å². The van der Waals surface area contributed by atoms with Crippen LogP contribution in [0.1, 0.15) is 5.56 Å². The molecule has 0 radical (unpaired) electrons. The lowest BCUT2D eigenvalue weighted by molar-refractivity contribution is -0.385. The number of hydrogen-bond donors (Lipinski definition) is 3. The third-order valence-corrected chi connectivity index (χ3v) is 2.69. The van der Waals surface area contributed by atoms with Crippen molar-refractivity contribution in [3.8, 4) is 5.75 Å². The Labute approximate surface area is 125 Å². The van der Waals surface area contributed by atoms with Crippen LogP contribution in [0.5, 0.6) is 5.75 Å². The molecule has 5 N–H and O–H groups in total. The first kappa shape index (κ1) is 16.7. The number of benzene rings is 2. The molecule has 0 aliphatic heterocycles. The summed E-state index contributed by atoms with van der Waals surface area (Å²) in [6.07, 6.45) is 0. The number of anilines is 2. The number of para-hydroxylation sites is 1. The number of rotatable bonds is 2. The minimum absolute atomic E-state index is 0.0231. The molecule has 0 aliphatic rings. The molecule has 0 spiro atoms. The van der Waals surface area contributed by atoms with Crippen LogP contribution in [0.15, 0.2) is 36.4 Å². The van der Waals surface area contributed by atoms with Gasteiger partial charge in [0, 0.05) is 17.8 Å². The van der Waals surface area contributed by atoms with Crippen LogP contribution in [-0.2, 0) is 0 Å². The lowest BCUT2D eigenvalue weighted by atomic mass is 10.2. The van der Waals surface area contributed by atoms with Crippen LogP contribution in [0.2, 0.25) is 0 Å². The van der Waals surface area contributed by atoms with Gasteiger partial charge in [0.2, 0.25) is 0 Å². The van der Waals surface area contributed by atoms with E-state index >= 15 is 0 Å². The first-order valence-electron chi connectivity index (χ1n) is 5.96. The van der Waals surface area contributed by atoms with Gasteiger partial charge in [-0.05, 0) is 24.6 Å². The molecule has 22 heavy (non-hydrogen) atoms. The van der Waals surface area contributed by atoms with Crippen molar-refractivity contribution in [3.63, 3.8) is 0 Å². The predicted molar refractivity (Wildman–Crippen MR) is 81.4 cm³/mol. The molecule has 0 aromatic heterocycles. The Bertz CT molecular complexity index is 706. The topological polar surface area (TPSA) is 159 Å². The molecule has 2 rings (SSSR count). The average molecular weight is 306 g/mol. The molecular formula is C13H14N4O5. The SMILES string of the molecule is Cc1cccc([N+](=O)[O-])c1N.Nc1ccc(O)c([N+](=O)[O-])c1. The van der Waals surface area contributed by atoms with E-state index in [1.807, 2.05) is 0 Å². The molecule has 2 aromatic rings. The van der Waals surface area contributed by atoms with Gasteiger partial charge in [-0.1, -0.05) is 12.1 Å². The van der Waals surface area contributed by atoms with Crippen LogP contribution in [-0.4, -0.2) is 15.0 Å². The maximum atomic E-state index is 10.3. The quantitative estimate of drug-likeness (QED) is 0.332. The van der Waals surface area contributed by atoms with Crippen molar-refractivity contribution in [1.29, 1.82) is 0 Å². The number of phenolic OH excluding ortho intramolecular Hbond substituents is 1. The van der Waals surface area contributed by atoms with E-state index in [0.717, 1.165) is 11.6 Å². The van der Waals surface area contributed by atoms with E-state index in [1.54, 1.807) is 19.1 Å². The molecule has 0 bridgehead atoms. The molecule has 9 heteroatoms. The Kier molecular flexibility index (Phi) is 5.22. The molecule has 9 nitrogen and oxygen atoms in total. The predicted octanol–water partition coefficient (Wildman–Crippen LogP) is 2.37. The highest BCUT2D eigenvalue weighted by Crippen LogP contribution is 2.26. The van der Waals surface area contributed by atoms with Gasteiger partial charge in [-0.3, -0.25) is 20.2 Å². The van der Waals surface area contributed by atoms with E-state index in [4.69, 9.17) is 16.6 Å². The summed E-state index contributed by atoms with van der Waals surface area (Å²) < 4.78 is 0. The average Bonchev–Trinajstić information content (AvgIpc) is 2.44. The maximum Gasteiger partial charge on any atom is 0.312 e. The zero-order valence-corrected chi connectivity index (χ0v) is 11.6. The van der Waals surface area contributed by atoms with Gasteiger partial charge >= 0.3 is 5.69 Å². The number of aromatic hydroxyl groups is 1. The first-order valence-corrected chi connectivity index (χ1v) is 5.96. The van der Waals surface area contributed by atoms with E-state index in [1.165, 1.54) is 18.2 Å². The number of nitro benzene ring substituents is 2. The highest BCUT2D eigenvalue weighted by atomic mass is 16.6. The molecule has 0 fully saturated rings. The number of nitrogens with zero attached hydrogens (tertiary/aromatic N) is 2.